The van der Waals surface area contributed by atoms with Crippen LogP contribution in [0.5, 0.6) is 0 Å². The first kappa shape index (κ1) is 21.0. The van der Waals surface area contributed by atoms with Crippen LogP contribution < -0.4 is 0 Å². The van der Waals surface area contributed by atoms with Crippen LogP contribution in [0.2, 0.25) is 18.1 Å². The molecule has 25 heavy (non-hydrogen) atoms. The highest BCUT2D eigenvalue weighted by molar-refractivity contribution is 6.74. The van der Waals surface area contributed by atoms with E-state index in [0.29, 0.717) is 23.9 Å². The van der Waals surface area contributed by atoms with Crippen LogP contribution in [-0.2, 0) is 9.16 Å². The Kier molecular flexibility index (Phi) is 6.18. The smallest absolute Gasteiger partial charge is 0.192 e. The predicted molar refractivity (Wildman–Crippen MR) is 107 cm³/mol. The van der Waals surface area contributed by atoms with Gasteiger partial charge >= 0.3 is 0 Å². The summed E-state index contributed by atoms with van der Waals surface area (Å²) in [6.07, 6.45) is 7.81. The van der Waals surface area contributed by atoms with E-state index in [1.54, 1.807) is 7.11 Å². The summed E-state index contributed by atoms with van der Waals surface area (Å²) in [5.74, 6) is 1.43. The monoisotopic (exact) mass is 368 g/mol. The topological polar surface area (TPSA) is 38.7 Å². The third-order valence-corrected chi connectivity index (χ3v) is 11.6. The van der Waals surface area contributed by atoms with Gasteiger partial charge < -0.3 is 14.3 Å². The average Bonchev–Trinajstić information content (AvgIpc) is 2.47. The Balaban J connectivity index is 2.21. The molecule has 0 aromatic carbocycles. The van der Waals surface area contributed by atoms with Crippen molar-refractivity contribution < 1.29 is 14.3 Å². The number of hydrogen-bond acceptors (Lipinski definition) is 3. The average molecular weight is 369 g/mol. The summed E-state index contributed by atoms with van der Waals surface area (Å²) >= 11 is 0. The fourth-order valence-electron chi connectivity index (χ4n) is 4.41. The highest BCUT2D eigenvalue weighted by atomic mass is 28.4. The summed E-state index contributed by atoms with van der Waals surface area (Å²) in [5.41, 5.74) is 0.827. The van der Waals surface area contributed by atoms with Gasteiger partial charge in [-0.05, 0) is 87.4 Å². The Morgan fingerprint density at radius 1 is 1.08 bits per heavy atom. The standard InChI is InChI=1S/C21H40O3Si/c1-20(2,3)25(7,8)24-19-12-9-15(14-23-6)18-13-16(21(4,5)22)10-11-17(18)19/h14,16-19,22H,9-13H2,1-8H3/b15-14+/t16-,17-,18+,19-/m1/s1. The van der Waals surface area contributed by atoms with E-state index in [1.165, 1.54) is 5.57 Å². The van der Waals surface area contributed by atoms with Crippen LogP contribution in [0.1, 0.15) is 66.7 Å². The van der Waals surface area contributed by atoms with Crippen LogP contribution in [0.4, 0.5) is 0 Å². The summed E-state index contributed by atoms with van der Waals surface area (Å²) in [4.78, 5) is 0. The molecule has 0 amide bonds. The second-order valence-corrected chi connectivity index (χ2v) is 15.1. The minimum atomic E-state index is -1.76. The number of aliphatic hydroxyl groups is 1. The molecule has 0 aliphatic heterocycles. The Labute approximate surface area is 156 Å². The molecule has 1 N–H and O–H groups in total. The van der Waals surface area contributed by atoms with Crippen molar-refractivity contribution in [2.24, 2.45) is 17.8 Å². The maximum Gasteiger partial charge on any atom is 0.192 e. The molecule has 4 heteroatoms. The second kappa shape index (κ2) is 7.36. The molecule has 0 heterocycles. The second-order valence-electron chi connectivity index (χ2n) is 10.3. The van der Waals surface area contributed by atoms with Crippen molar-refractivity contribution in [1.82, 2.24) is 0 Å². The number of ether oxygens (including phenoxy) is 1. The van der Waals surface area contributed by atoms with E-state index in [0.717, 1.165) is 32.1 Å². The largest absolute Gasteiger partial charge is 0.504 e. The van der Waals surface area contributed by atoms with Gasteiger partial charge in [0.15, 0.2) is 8.32 Å². The van der Waals surface area contributed by atoms with Crippen LogP contribution in [0.25, 0.3) is 0 Å². The van der Waals surface area contributed by atoms with E-state index in [9.17, 15) is 5.11 Å². The number of fused-ring (bicyclic) bond motifs is 1. The fraction of sp³-hybridized carbons (Fsp3) is 0.905. The summed E-state index contributed by atoms with van der Waals surface area (Å²) in [6.45, 7) is 15.6. The first-order valence-electron chi connectivity index (χ1n) is 9.98. The number of rotatable bonds is 4. The molecular weight excluding hydrogens is 328 g/mol. The van der Waals surface area contributed by atoms with E-state index in [1.807, 2.05) is 20.1 Å². The van der Waals surface area contributed by atoms with Gasteiger partial charge in [-0.2, -0.15) is 0 Å². The Morgan fingerprint density at radius 3 is 2.24 bits per heavy atom. The van der Waals surface area contributed by atoms with Gasteiger partial charge in [0.05, 0.1) is 19.0 Å². The van der Waals surface area contributed by atoms with Gasteiger partial charge in [-0.25, -0.2) is 0 Å². The molecule has 0 bridgehead atoms. The van der Waals surface area contributed by atoms with Gasteiger partial charge in [0, 0.05) is 6.10 Å². The number of allylic oxidation sites excluding steroid dienone is 1. The predicted octanol–water partition coefficient (Wildman–Crippen LogP) is 5.50. The Morgan fingerprint density at radius 2 is 1.72 bits per heavy atom. The minimum Gasteiger partial charge on any atom is -0.504 e. The summed E-state index contributed by atoms with van der Waals surface area (Å²) in [6, 6.07) is 0. The number of hydrogen-bond donors (Lipinski definition) is 1. The summed E-state index contributed by atoms with van der Waals surface area (Å²) < 4.78 is 12.3. The van der Waals surface area contributed by atoms with Crippen LogP contribution in [0.15, 0.2) is 11.8 Å². The van der Waals surface area contributed by atoms with Gasteiger partial charge in [-0.1, -0.05) is 20.8 Å². The lowest BCUT2D eigenvalue weighted by Crippen LogP contribution is -2.50. The van der Waals surface area contributed by atoms with Crippen molar-refractivity contribution in [1.29, 1.82) is 0 Å². The zero-order valence-electron chi connectivity index (χ0n) is 17.7. The van der Waals surface area contributed by atoms with Gasteiger partial charge in [-0.15, -0.1) is 0 Å². The van der Waals surface area contributed by atoms with Gasteiger partial charge in [0.2, 0.25) is 0 Å². The molecule has 2 saturated carbocycles. The number of methoxy groups -OCH3 is 1. The van der Waals surface area contributed by atoms with E-state index in [4.69, 9.17) is 9.16 Å². The molecule has 0 spiro atoms. The third-order valence-electron chi connectivity index (χ3n) is 7.10. The normalized spacial score (nSPS) is 33.2. The molecule has 2 fully saturated rings. The van der Waals surface area contributed by atoms with Crippen LogP contribution in [0, 0.1) is 17.8 Å². The summed E-state index contributed by atoms with van der Waals surface area (Å²) in [7, 11) is -0.0163. The van der Waals surface area contributed by atoms with Crippen LogP contribution in [0.3, 0.4) is 0 Å². The SMILES string of the molecule is CO/C=C1\CC[C@@H](O[Si](C)(C)C(C)(C)C)[C@@H]2CC[C@@H](C(C)(C)O)C[C@@H]12. The first-order chi connectivity index (χ1) is 11.4. The van der Waals surface area contributed by atoms with Gasteiger partial charge in [-0.3, -0.25) is 0 Å². The first-order valence-corrected chi connectivity index (χ1v) is 12.9. The maximum atomic E-state index is 10.5. The van der Waals surface area contributed by atoms with E-state index in [2.05, 4.69) is 33.9 Å². The molecule has 0 saturated heterocycles. The molecule has 4 atom stereocenters. The molecule has 2 rings (SSSR count). The highest BCUT2D eigenvalue weighted by Gasteiger charge is 2.47. The molecule has 0 aromatic rings. The van der Waals surface area contributed by atoms with E-state index < -0.39 is 13.9 Å². The van der Waals surface area contributed by atoms with E-state index >= 15 is 0 Å². The maximum absolute atomic E-state index is 10.5. The molecular formula is C21H40O3Si. The van der Waals surface area contributed by atoms with Crippen molar-refractivity contribution in [3.63, 3.8) is 0 Å². The Bertz CT molecular complexity index is 484. The molecule has 146 valence electrons. The van der Waals surface area contributed by atoms with Crippen molar-refractivity contribution in [3.8, 4) is 0 Å². The quantitative estimate of drug-likeness (QED) is 0.525. The van der Waals surface area contributed by atoms with Crippen molar-refractivity contribution in [3.05, 3.63) is 11.8 Å². The molecule has 2 aliphatic rings. The molecule has 0 radical (unpaired) electrons. The van der Waals surface area contributed by atoms with Gasteiger partial charge in [0.25, 0.3) is 0 Å². The minimum absolute atomic E-state index is 0.245. The molecule has 0 unspecified atom stereocenters. The molecule has 0 aromatic heterocycles. The fourth-order valence-corrected chi connectivity index (χ4v) is 5.82. The Hall–Kier alpha value is -0.323. The molecule has 2 aliphatic carbocycles. The van der Waals surface area contributed by atoms with Crippen LogP contribution in [-0.4, -0.2) is 32.2 Å². The van der Waals surface area contributed by atoms with Crippen molar-refractivity contribution in [2.75, 3.05) is 7.11 Å². The van der Waals surface area contributed by atoms with Crippen LogP contribution >= 0.6 is 0 Å². The van der Waals surface area contributed by atoms with Crippen molar-refractivity contribution >= 4 is 8.32 Å². The van der Waals surface area contributed by atoms with Crippen molar-refractivity contribution in [2.45, 2.75) is 96.6 Å². The zero-order valence-corrected chi connectivity index (χ0v) is 18.7. The lowest BCUT2D eigenvalue weighted by molar-refractivity contribution is -0.0422. The highest BCUT2D eigenvalue weighted by Crippen LogP contribution is 2.50. The van der Waals surface area contributed by atoms with E-state index in [-0.39, 0.29) is 5.04 Å². The lowest BCUT2D eigenvalue weighted by Gasteiger charge is -2.50. The summed E-state index contributed by atoms with van der Waals surface area (Å²) in [5, 5.41) is 10.8. The third kappa shape index (κ3) is 4.70. The van der Waals surface area contributed by atoms with Gasteiger partial charge in [0.1, 0.15) is 0 Å². The zero-order chi connectivity index (χ0) is 19.0. The molecule has 3 nitrogen and oxygen atoms in total. The lowest BCUT2D eigenvalue weighted by atomic mass is 9.62.